The molecule has 1 aromatic carbocycles. The van der Waals surface area contributed by atoms with Gasteiger partial charge in [-0.2, -0.15) is 0 Å². The summed E-state index contributed by atoms with van der Waals surface area (Å²) in [4.78, 5) is 22.3. The molecule has 2 rings (SSSR count). The monoisotopic (exact) mass is 264 g/mol. The lowest BCUT2D eigenvalue weighted by Crippen LogP contribution is -2.05. The fourth-order valence-corrected chi connectivity index (χ4v) is 1.77. The van der Waals surface area contributed by atoms with E-state index in [1.807, 2.05) is 0 Å². The van der Waals surface area contributed by atoms with Gasteiger partial charge in [-0.05, 0) is 6.07 Å². The summed E-state index contributed by atoms with van der Waals surface area (Å²) in [7, 11) is 2.87. The minimum atomic E-state index is -0.516. The zero-order valence-corrected chi connectivity index (χ0v) is 10.7. The quantitative estimate of drug-likeness (QED) is 0.477. The van der Waals surface area contributed by atoms with Crippen LogP contribution in [0.4, 0.5) is 0 Å². The second kappa shape index (κ2) is 5.01. The smallest absolute Gasteiger partial charge is 0.336 e. The van der Waals surface area contributed by atoms with Crippen LogP contribution in [-0.2, 0) is 4.79 Å². The first-order chi connectivity index (χ1) is 9.06. The van der Waals surface area contributed by atoms with Crippen LogP contribution in [-0.4, -0.2) is 20.2 Å². The maximum atomic E-state index is 11.2. The highest BCUT2D eigenvalue weighted by Gasteiger charge is 2.18. The average Bonchev–Trinajstić information content (AvgIpc) is 2.36. The predicted molar refractivity (Wildman–Crippen MR) is 66.9 cm³/mol. The molecule has 0 aliphatic rings. The van der Waals surface area contributed by atoms with Crippen molar-refractivity contribution < 1.29 is 23.4 Å². The third kappa shape index (κ3) is 2.37. The van der Waals surface area contributed by atoms with Crippen molar-refractivity contribution in [2.75, 3.05) is 14.2 Å². The van der Waals surface area contributed by atoms with Crippen molar-refractivity contribution >= 4 is 16.9 Å². The van der Waals surface area contributed by atoms with Gasteiger partial charge in [-0.15, -0.1) is 0 Å². The van der Waals surface area contributed by atoms with Gasteiger partial charge in [0.05, 0.1) is 19.6 Å². The number of methoxy groups -OCH3 is 2. The number of carbonyl (C=O) groups is 1. The van der Waals surface area contributed by atoms with Gasteiger partial charge in [-0.1, -0.05) is 0 Å². The first kappa shape index (κ1) is 12.9. The van der Waals surface area contributed by atoms with E-state index in [-0.39, 0.29) is 17.1 Å². The molecular weight excluding hydrogens is 252 g/mol. The van der Waals surface area contributed by atoms with Crippen molar-refractivity contribution in [3.63, 3.8) is 0 Å². The zero-order chi connectivity index (χ0) is 14.0. The van der Waals surface area contributed by atoms with Gasteiger partial charge in [-0.25, -0.2) is 4.79 Å². The highest BCUT2D eigenvalue weighted by Crippen LogP contribution is 2.42. The van der Waals surface area contributed by atoms with Crippen LogP contribution in [0.3, 0.4) is 0 Å². The second-order valence-electron chi connectivity index (χ2n) is 3.70. The molecule has 0 spiro atoms. The van der Waals surface area contributed by atoms with Crippen LogP contribution < -0.4 is 19.8 Å². The van der Waals surface area contributed by atoms with Crippen molar-refractivity contribution in [1.82, 2.24) is 0 Å². The molecule has 0 N–H and O–H groups in total. The topological polar surface area (TPSA) is 75.0 Å². The molecule has 6 heteroatoms. The number of benzene rings is 1. The molecule has 100 valence electrons. The van der Waals surface area contributed by atoms with E-state index in [4.69, 9.17) is 18.6 Å². The molecule has 0 fully saturated rings. The van der Waals surface area contributed by atoms with E-state index in [0.29, 0.717) is 11.1 Å². The van der Waals surface area contributed by atoms with Crippen molar-refractivity contribution in [1.29, 1.82) is 0 Å². The summed E-state index contributed by atoms with van der Waals surface area (Å²) in [5, 5.41) is 0.551. The molecular formula is C13H12O6. The van der Waals surface area contributed by atoms with Crippen molar-refractivity contribution in [2.24, 2.45) is 0 Å². The summed E-state index contributed by atoms with van der Waals surface area (Å²) < 4.78 is 20.5. The molecule has 6 nitrogen and oxygen atoms in total. The van der Waals surface area contributed by atoms with Crippen molar-refractivity contribution in [3.05, 3.63) is 28.6 Å². The fourth-order valence-electron chi connectivity index (χ4n) is 1.77. The normalized spacial score (nSPS) is 10.3. The Kier molecular flexibility index (Phi) is 3.41. The molecule has 0 unspecified atom stereocenters. The lowest BCUT2D eigenvalue weighted by Gasteiger charge is -2.13. The SMILES string of the molecule is COc1c(OC(C)=O)cc2oc(=O)ccc2c1OC. The van der Waals surface area contributed by atoms with Crippen molar-refractivity contribution in [2.45, 2.75) is 6.92 Å². The fraction of sp³-hybridized carbons (Fsp3) is 0.231. The van der Waals surface area contributed by atoms with Crippen LogP contribution in [0, 0.1) is 0 Å². The van der Waals surface area contributed by atoms with Gasteiger partial charge in [0.15, 0.2) is 11.5 Å². The summed E-state index contributed by atoms with van der Waals surface area (Å²) >= 11 is 0. The standard InChI is InChI=1S/C13H12O6/c1-7(14)18-10-6-9-8(4-5-11(15)19-9)12(16-2)13(10)17-3/h4-6H,1-3H3. The molecule has 19 heavy (non-hydrogen) atoms. The summed E-state index contributed by atoms with van der Waals surface area (Å²) in [5.74, 6) is 0.214. The molecule has 0 radical (unpaired) electrons. The van der Waals surface area contributed by atoms with Gasteiger partial charge < -0.3 is 18.6 Å². The number of esters is 1. The molecule has 0 atom stereocenters. The number of hydrogen-bond donors (Lipinski definition) is 0. The number of carbonyl (C=O) groups excluding carboxylic acids is 1. The molecule has 0 saturated carbocycles. The lowest BCUT2D eigenvalue weighted by molar-refractivity contribution is -0.132. The van der Waals surface area contributed by atoms with E-state index < -0.39 is 11.6 Å². The summed E-state index contributed by atoms with van der Waals surface area (Å²) in [6, 6.07) is 4.25. The maximum Gasteiger partial charge on any atom is 0.336 e. The number of rotatable bonds is 3. The Morgan fingerprint density at radius 2 is 1.84 bits per heavy atom. The first-order valence-electron chi connectivity index (χ1n) is 5.44. The predicted octanol–water partition coefficient (Wildman–Crippen LogP) is 1.74. The molecule has 0 aliphatic heterocycles. The van der Waals surface area contributed by atoms with Gasteiger partial charge in [0.25, 0.3) is 0 Å². The van der Waals surface area contributed by atoms with Crippen LogP contribution in [0.5, 0.6) is 17.2 Å². The van der Waals surface area contributed by atoms with Gasteiger partial charge in [0.1, 0.15) is 5.58 Å². The highest BCUT2D eigenvalue weighted by atomic mass is 16.6. The number of fused-ring (bicyclic) bond motifs is 1. The minimum absolute atomic E-state index is 0.133. The van der Waals surface area contributed by atoms with Crippen LogP contribution in [0.25, 0.3) is 11.0 Å². The summed E-state index contributed by atoms with van der Waals surface area (Å²) in [5.41, 5.74) is -0.255. The van der Waals surface area contributed by atoms with Gasteiger partial charge in [0.2, 0.25) is 5.75 Å². The third-order valence-corrected chi connectivity index (χ3v) is 2.46. The van der Waals surface area contributed by atoms with Gasteiger partial charge >= 0.3 is 11.6 Å². The Morgan fingerprint density at radius 1 is 1.16 bits per heavy atom. The van der Waals surface area contributed by atoms with E-state index in [2.05, 4.69) is 0 Å². The Morgan fingerprint density at radius 3 is 2.42 bits per heavy atom. The van der Waals surface area contributed by atoms with Crippen molar-refractivity contribution in [3.8, 4) is 17.2 Å². The molecule has 2 aromatic rings. The van der Waals surface area contributed by atoms with Crippen LogP contribution >= 0.6 is 0 Å². The molecule has 0 saturated heterocycles. The minimum Gasteiger partial charge on any atom is -0.492 e. The van der Waals surface area contributed by atoms with Gasteiger partial charge in [-0.3, -0.25) is 4.79 Å². The second-order valence-corrected chi connectivity index (χ2v) is 3.70. The average molecular weight is 264 g/mol. The number of hydrogen-bond acceptors (Lipinski definition) is 6. The molecule has 0 aliphatic carbocycles. The third-order valence-electron chi connectivity index (χ3n) is 2.46. The molecule has 1 aromatic heterocycles. The van der Waals surface area contributed by atoms with E-state index in [1.54, 1.807) is 6.07 Å². The Bertz CT molecular complexity index is 685. The van der Waals surface area contributed by atoms with E-state index in [1.165, 1.54) is 33.3 Å². The Balaban J connectivity index is 2.80. The first-order valence-corrected chi connectivity index (χ1v) is 5.44. The summed E-state index contributed by atoms with van der Waals surface area (Å²) in [6.45, 7) is 1.26. The van der Waals surface area contributed by atoms with E-state index >= 15 is 0 Å². The van der Waals surface area contributed by atoms with E-state index in [0.717, 1.165) is 0 Å². The van der Waals surface area contributed by atoms with Crippen LogP contribution in [0.15, 0.2) is 27.4 Å². The molecule has 0 bridgehead atoms. The number of ether oxygens (including phenoxy) is 3. The van der Waals surface area contributed by atoms with Crippen LogP contribution in [0.1, 0.15) is 6.92 Å². The molecule has 1 heterocycles. The van der Waals surface area contributed by atoms with Crippen LogP contribution in [0.2, 0.25) is 0 Å². The maximum absolute atomic E-state index is 11.2. The van der Waals surface area contributed by atoms with Gasteiger partial charge in [0, 0.05) is 19.1 Å². The van der Waals surface area contributed by atoms with E-state index in [9.17, 15) is 9.59 Å². The highest BCUT2D eigenvalue weighted by molar-refractivity contribution is 5.89. The summed E-state index contributed by atoms with van der Waals surface area (Å²) in [6.07, 6.45) is 0. The Hall–Kier alpha value is -2.50. The lowest BCUT2D eigenvalue weighted by atomic mass is 10.2. The Labute approximate surface area is 108 Å². The molecule has 0 amide bonds. The zero-order valence-electron chi connectivity index (χ0n) is 10.7. The largest absolute Gasteiger partial charge is 0.492 e.